The highest BCUT2D eigenvalue weighted by atomic mass is 16.5. The monoisotopic (exact) mass is 259 g/mol. The third-order valence-electron chi connectivity index (χ3n) is 2.58. The number of methoxy groups -OCH3 is 1. The van der Waals surface area contributed by atoms with Gasteiger partial charge < -0.3 is 20.3 Å². The van der Waals surface area contributed by atoms with Gasteiger partial charge in [0, 0.05) is 6.07 Å². The molecule has 0 bridgehead atoms. The Kier molecular flexibility index (Phi) is 3.56. The Hall–Kier alpha value is -2.69. The number of hydrogen-bond acceptors (Lipinski definition) is 4. The van der Waals surface area contributed by atoms with Crippen LogP contribution in [-0.2, 0) is 0 Å². The van der Waals surface area contributed by atoms with Gasteiger partial charge in [0.1, 0.15) is 17.2 Å². The molecule has 0 radical (unpaired) electrons. The predicted molar refractivity (Wildman–Crippen MR) is 70.7 cm³/mol. The fraction of sp³-hybridized carbons (Fsp3) is 0.0714. The summed E-state index contributed by atoms with van der Waals surface area (Å²) >= 11 is 0. The number of phenolic OH excluding ortho intramolecular Hbond substituents is 2. The van der Waals surface area contributed by atoms with Crippen LogP contribution in [0.25, 0.3) is 0 Å². The normalized spacial score (nSPS) is 9.95. The van der Waals surface area contributed by atoms with Gasteiger partial charge in [0.05, 0.1) is 18.4 Å². The molecule has 0 atom stereocenters. The first-order valence-corrected chi connectivity index (χ1v) is 5.58. The highest BCUT2D eigenvalue weighted by Crippen LogP contribution is 2.26. The molecule has 0 aromatic heterocycles. The minimum atomic E-state index is -0.484. The van der Waals surface area contributed by atoms with Crippen molar-refractivity contribution < 1.29 is 19.7 Å². The molecule has 0 aliphatic carbocycles. The zero-order valence-electron chi connectivity index (χ0n) is 10.3. The smallest absolute Gasteiger partial charge is 0.259 e. The lowest BCUT2D eigenvalue weighted by Crippen LogP contribution is -2.12. The molecule has 5 nitrogen and oxygen atoms in total. The number of anilines is 1. The van der Waals surface area contributed by atoms with Gasteiger partial charge in [-0.25, -0.2) is 0 Å². The van der Waals surface area contributed by atoms with Crippen molar-refractivity contribution in [2.24, 2.45) is 0 Å². The van der Waals surface area contributed by atoms with Crippen LogP contribution < -0.4 is 10.1 Å². The Morgan fingerprint density at radius 1 is 1.16 bits per heavy atom. The van der Waals surface area contributed by atoms with Crippen LogP contribution in [0.15, 0.2) is 42.5 Å². The summed E-state index contributed by atoms with van der Waals surface area (Å²) in [5.74, 6) is -0.352. The summed E-state index contributed by atoms with van der Waals surface area (Å²) < 4.78 is 5.11. The zero-order valence-corrected chi connectivity index (χ0v) is 10.3. The molecule has 19 heavy (non-hydrogen) atoms. The standard InChI is InChI=1S/C14H13NO4/c1-19-13-5-3-2-4-11(13)15-14(18)10-7-6-9(16)8-12(10)17/h2-8,16-17H,1H3,(H,15,18). The molecule has 0 spiro atoms. The number of ether oxygens (including phenoxy) is 1. The van der Waals surface area contributed by atoms with Crippen molar-refractivity contribution in [1.29, 1.82) is 0 Å². The second kappa shape index (κ2) is 5.30. The Morgan fingerprint density at radius 3 is 2.58 bits per heavy atom. The lowest BCUT2D eigenvalue weighted by atomic mass is 10.1. The number of amides is 1. The fourth-order valence-corrected chi connectivity index (χ4v) is 1.65. The molecule has 0 aliphatic rings. The summed E-state index contributed by atoms with van der Waals surface area (Å²) in [6.07, 6.45) is 0. The van der Waals surface area contributed by atoms with E-state index in [1.807, 2.05) is 0 Å². The third-order valence-corrected chi connectivity index (χ3v) is 2.58. The van der Waals surface area contributed by atoms with E-state index in [-0.39, 0.29) is 17.1 Å². The second-order valence-corrected chi connectivity index (χ2v) is 3.86. The lowest BCUT2D eigenvalue weighted by Gasteiger charge is -2.10. The van der Waals surface area contributed by atoms with Crippen LogP contribution in [0.1, 0.15) is 10.4 Å². The van der Waals surface area contributed by atoms with Crippen molar-refractivity contribution in [3.8, 4) is 17.2 Å². The van der Waals surface area contributed by atoms with E-state index in [2.05, 4.69) is 5.32 Å². The Balaban J connectivity index is 2.26. The Labute approximate surface area is 110 Å². The number of rotatable bonds is 3. The average molecular weight is 259 g/mol. The van der Waals surface area contributed by atoms with Gasteiger partial charge in [0.15, 0.2) is 0 Å². The third kappa shape index (κ3) is 2.77. The molecule has 0 saturated carbocycles. The van der Waals surface area contributed by atoms with Gasteiger partial charge in [-0.2, -0.15) is 0 Å². The van der Waals surface area contributed by atoms with Gasteiger partial charge in [0.2, 0.25) is 0 Å². The van der Waals surface area contributed by atoms with Crippen LogP contribution in [0, 0.1) is 0 Å². The van der Waals surface area contributed by atoms with Crippen LogP contribution in [0.3, 0.4) is 0 Å². The van der Waals surface area contributed by atoms with Crippen LogP contribution in [0.5, 0.6) is 17.2 Å². The largest absolute Gasteiger partial charge is 0.508 e. The van der Waals surface area contributed by atoms with Crippen LogP contribution in [0.2, 0.25) is 0 Å². The summed E-state index contributed by atoms with van der Waals surface area (Å²) in [6, 6.07) is 10.7. The summed E-state index contributed by atoms with van der Waals surface area (Å²) in [6.45, 7) is 0. The van der Waals surface area contributed by atoms with Crippen LogP contribution in [-0.4, -0.2) is 23.2 Å². The number of benzene rings is 2. The average Bonchev–Trinajstić information content (AvgIpc) is 2.39. The van der Waals surface area contributed by atoms with E-state index in [1.54, 1.807) is 24.3 Å². The SMILES string of the molecule is COc1ccccc1NC(=O)c1ccc(O)cc1O. The number of carbonyl (C=O) groups excluding carboxylic acids is 1. The van der Waals surface area contributed by atoms with E-state index in [1.165, 1.54) is 19.2 Å². The van der Waals surface area contributed by atoms with Crippen molar-refractivity contribution in [1.82, 2.24) is 0 Å². The van der Waals surface area contributed by atoms with Gasteiger partial charge in [0.25, 0.3) is 5.91 Å². The van der Waals surface area contributed by atoms with E-state index in [9.17, 15) is 15.0 Å². The maximum atomic E-state index is 12.0. The number of carbonyl (C=O) groups is 1. The van der Waals surface area contributed by atoms with Crippen molar-refractivity contribution >= 4 is 11.6 Å². The molecular weight excluding hydrogens is 246 g/mol. The minimum Gasteiger partial charge on any atom is -0.508 e. The summed E-state index contributed by atoms with van der Waals surface area (Å²) in [5.41, 5.74) is 0.575. The number of para-hydroxylation sites is 2. The Morgan fingerprint density at radius 2 is 1.89 bits per heavy atom. The second-order valence-electron chi connectivity index (χ2n) is 3.86. The molecule has 0 aliphatic heterocycles. The van der Waals surface area contributed by atoms with Gasteiger partial charge in [-0.1, -0.05) is 12.1 Å². The van der Waals surface area contributed by atoms with Gasteiger partial charge >= 0.3 is 0 Å². The molecule has 98 valence electrons. The van der Waals surface area contributed by atoms with Crippen molar-refractivity contribution in [3.05, 3.63) is 48.0 Å². The van der Waals surface area contributed by atoms with E-state index >= 15 is 0 Å². The lowest BCUT2D eigenvalue weighted by molar-refractivity contribution is 0.102. The predicted octanol–water partition coefficient (Wildman–Crippen LogP) is 2.36. The molecular formula is C14H13NO4. The van der Waals surface area contributed by atoms with Crippen LogP contribution in [0.4, 0.5) is 5.69 Å². The summed E-state index contributed by atoms with van der Waals surface area (Å²) in [5, 5.41) is 21.4. The van der Waals surface area contributed by atoms with Gasteiger partial charge in [-0.05, 0) is 24.3 Å². The Bertz CT molecular complexity index is 610. The van der Waals surface area contributed by atoms with Gasteiger partial charge in [-0.15, -0.1) is 0 Å². The topological polar surface area (TPSA) is 78.8 Å². The van der Waals surface area contributed by atoms with E-state index < -0.39 is 5.91 Å². The maximum Gasteiger partial charge on any atom is 0.259 e. The highest BCUT2D eigenvalue weighted by molar-refractivity contribution is 6.06. The van der Waals surface area contributed by atoms with Crippen LogP contribution >= 0.6 is 0 Å². The molecule has 2 aromatic carbocycles. The zero-order chi connectivity index (χ0) is 13.8. The molecule has 0 fully saturated rings. The highest BCUT2D eigenvalue weighted by Gasteiger charge is 2.13. The van der Waals surface area contributed by atoms with Gasteiger partial charge in [-0.3, -0.25) is 4.79 Å². The molecule has 0 unspecified atom stereocenters. The molecule has 2 rings (SSSR count). The van der Waals surface area contributed by atoms with E-state index in [4.69, 9.17) is 4.74 Å². The molecule has 0 heterocycles. The number of nitrogens with one attached hydrogen (secondary N) is 1. The first kappa shape index (κ1) is 12.8. The number of hydrogen-bond donors (Lipinski definition) is 3. The van der Waals surface area contributed by atoms with E-state index in [0.717, 1.165) is 6.07 Å². The molecule has 1 amide bonds. The molecule has 5 heteroatoms. The quantitative estimate of drug-likeness (QED) is 0.790. The van der Waals surface area contributed by atoms with Crippen molar-refractivity contribution in [2.75, 3.05) is 12.4 Å². The van der Waals surface area contributed by atoms with E-state index in [0.29, 0.717) is 11.4 Å². The first-order valence-electron chi connectivity index (χ1n) is 5.58. The maximum absolute atomic E-state index is 12.0. The number of aromatic hydroxyl groups is 2. The number of phenols is 2. The molecule has 2 aromatic rings. The van der Waals surface area contributed by atoms with Crippen molar-refractivity contribution in [2.45, 2.75) is 0 Å². The molecule has 3 N–H and O–H groups in total. The summed E-state index contributed by atoms with van der Waals surface area (Å²) in [7, 11) is 1.50. The summed E-state index contributed by atoms with van der Waals surface area (Å²) in [4.78, 5) is 12.0. The van der Waals surface area contributed by atoms with Crippen molar-refractivity contribution in [3.63, 3.8) is 0 Å². The molecule has 0 saturated heterocycles. The fourth-order valence-electron chi connectivity index (χ4n) is 1.65. The minimum absolute atomic E-state index is 0.0729. The first-order chi connectivity index (χ1) is 9.11.